The topological polar surface area (TPSA) is 39.7 Å². The maximum Gasteiger partial charge on any atom is 0.161 e. The highest BCUT2D eigenvalue weighted by Gasteiger charge is 2.27. The molecule has 0 bridgehead atoms. The lowest BCUT2D eigenvalue weighted by Crippen LogP contribution is -2.16. The maximum absolute atomic E-state index is 5.76. The van der Waals surface area contributed by atoms with Gasteiger partial charge in [-0.2, -0.15) is 0 Å². The van der Waals surface area contributed by atoms with Gasteiger partial charge in [0.05, 0.1) is 6.61 Å². The number of hydrogen-bond donors (Lipinski definition) is 1. The van der Waals surface area contributed by atoms with E-state index >= 15 is 0 Å². The van der Waals surface area contributed by atoms with Crippen LogP contribution in [-0.4, -0.2) is 26.4 Å². The first-order valence-corrected chi connectivity index (χ1v) is 9.69. The third-order valence-electron chi connectivity index (χ3n) is 5.22. The van der Waals surface area contributed by atoms with Crippen LogP contribution in [0.15, 0.2) is 42.5 Å². The maximum atomic E-state index is 5.76. The summed E-state index contributed by atoms with van der Waals surface area (Å²) in [6.45, 7) is 5.23. The summed E-state index contributed by atoms with van der Waals surface area (Å²) in [5.41, 5.74) is 2.65. The zero-order valence-corrected chi connectivity index (χ0v) is 15.4. The van der Waals surface area contributed by atoms with Gasteiger partial charge in [0, 0.05) is 12.6 Å². The van der Waals surface area contributed by atoms with Gasteiger partial charge in [0.1, 0.15) is 19.0 Å². The van der Waals surface area contributed by atoms with Crippen LogP contribution in [0.3, 0.4) is 0 Å². The lowest BCUT2D eigenvalue weighted by Gasteiger charge is -2.20. The lowest BCUT2D eigenvalue weighted by molar-refractivity contribution is 0.171. The Kier molecular flexibility index (Phi) is 5.30. The van der Waals surface area contributed by atoms with Crippen molar-refractivity contribution in [2.75, 3.05) is 26.4 Å². The highest BCUT2D eigenvalue weighted by molar-refractivity contribution is 5.45. The molecule has 26 heavy (non-hydrogen) atoms. The van der Waals surface area contributed by atoms with Gasteiger partial charge in [-0.15, -0.1) is 0 Å². The molecule has 1 N–H and O–H groups in total. The van der Waals surface area contributed by atoms with E-state index in [0.717, 1.165) is 49.7 Å². The van der Waals surface area contributed by atoms with Gasteiger partial charge >= 0.3 is 0 Å². The van der Waals surface area contributed by atoms with Gasteiger partial charge in [-0.05, 0) is 54.2 Å². The molecular weight excluding hydrogens is 326 g/mol. The first kappa shape index (κ1) is 17.2. The van der Waals surface area contributed by atoms with E-state index in [9.17, 15) is 0 Å². The van der Waals surface area contributed by atoms with Crippen LogP contribution >= 0.6 is 0 Å². The molecule has 2 aliphatic rings. The van der Waals surface area contributed by atoms with Crippen molar-refractivity contribution in [1.82, 2.24) is 5.32 Å². The number of fused-ring (bicyclic) bond motifs is 1. The molecule has 2 aliphatic heterocycles. The van der Waals surface area contributed by atoms with E-state index in [4.69, 9.17) is 14.2 Å². The van der Waals surface area contributed by atoms with Crippen LogP contribution in [0.4, 0.5) is 0 Å². The van der Waals surface area contributed by atoms with Crippen molar-refractivity contribution in [3.8, 4) is 17.2 Å². The zero-order chi connectivity index (χ0) is 17.8. The van der Waals surface area contributed by atoms with Crippen molar-refractivity contribution >= 4 is 0 Å². The zero-order valence-electron chi connectivity index (χ0n) is 15.4. The fourth-order valence-corrected chi connectivity index (χ4v) is 3.69. The Morgan fingerprint density at radius 1 is 1.00 bits per heavy atom. The van der Waals surface area contributed by atoms with Crippen molar-refractivity contribution < 1.29 is 14.2 Å². The largest absolute Gasteiger partial charge is 0.494 e. The Morgan fingerprint density at radius 2 is 1.77 bits per heavy atom. The fraction of sp³-hybridized carbons (Fsp3) is 0.455. The quantitative estimate of drug-likeness (QED) is 0.779. The summed E-state index contributed by atoms with van der Waals surface area (Å²) in [6, 6.07) is 15.3. The lowest BCUT2D eigenvalue weighted by atomic mass is 9.93. The Morgan fingerprint density at radius 3 is 2.58 bits per heavy atom. The molecule has 2 unspecified atom stereocenters. The molecule has 0 spiro atoms. The smallest absolute Gasteiger partial charge is 0.161 e. The summed E-state index contributed by atoms with van der Waals surface area (Å²) in [7, 11) is 0. The van der Waals surface area contributed by atoms with Crippen LogP contribution in [0, 0.1) is 0 Å². The Hall–Kier alpha value is -2.20. The molecule has 1 fully saturated rings. The highest BCUT2D eigenvalue weighted by atomic mass is 16.6. The van der Waals surface area contributed by atoms with Crippen LogP contribution in [0.5, 0.6) is 17.2 Å². The van der Waals surface area contributed by atoms with Gasteiger partial charge in [-0.3, -0.25) is 0 Å². The van der Waals surface area contributed by atoms with E-state index in [2.05, 4.69) is 48.6 Å². The second-order valence-corrected chi connectivity index (χ2v) is 7.07. The van der Waals surface area contributed by atoms with Crippen LogP contribution in [0.25, 0.3) is 0 Å². The molecule has 4 rings (SSSR count). The number of rotatable bonds is 6. The fourth-order valence-electron chi connectivity index (χ4n) is 3.69. The number of hydrogen-bond acceptors (Lipinski definition) is 4. The number of ether oxygens (including phenoxy) is 3. The first-order valence-electron chi connectivity index (χ1n) is 9.69. The van der Waals surface area contributed by atoms with Gasteiger partial charge in [-0.1, -0.05) is 31.5 Å². The van der Waals surface area contributed by atoms with E-state index in [-0.39, 0.29) is 0 Å². The van der Waals surface area contributed by atoms with Gasteiger partial charge < -0.3 is 19.5 Å². The summed E-state index contributed by atoms with van der Waals surface area (Å²) in [5, 5.41) is 3.66. The van der Waals surface area contributed by atoms with E-state index in [1.165, 1.54) is 11.1 Å². The van der Waals surface area contributed by atoms with E-state index < -0.39 is 0 Å². The number of nitrogens with one attached hydrogen (secondary N) is 1. The molecule has 0 aliphatic carbocycles. The molecule has 4 heteroatoms. The average molecular weight is 353 g/mol. The van der Waals surface area contributed by atoms with Crippen molar-refractivity contribution in [1.29, 1.82) is 0 Å². The molecule has 138 valence electrons. The molecule has 2 aromatic carbocycles. The number of benzene rings is 2. The second kappa shape index (κ2) is 8.00. The molecular formula is C22H27NO3. The first-order chi connectivity index (χ1) is 12.8. The third-order valence-corrected chi connectivity index (χ3v) is 5.22. The summed E-state index contributed by atoms with van der Waals surface area (Å²) >= 11 is 0. The normalized spacial score (nSPS) is 21.6. The molecule has 0 aromatic heterocycles. The van der Waals surface area contributed by atoms with Gasteiger partial charge in [0.2, 0.25) is 0 Å². The highest BCUT2D eigenvalue weighted by Crippen LogP contribution is 2.38. The third kappa shape index (κ3) is 3.80. The molecule has 2 aromatic rings. The molecule has 0 saturated carbocycles. The van der Waals surface area contributed by atoms with E-state index in [1.807, 2.05) is 6.07 Å². The summed E-state index contributed by atoms with van der Waals surface area (Å²) in [6.07, 6.45) is 3.35. The van der Waals surface area contributed by atoms with E-state index in [0.29, 0.717) is 25.2 Å². The summed E-state index contributed by atoms with van der Waals surface area (Å²) in [5.74, 6) is 3.20. The van der Waals surface area contributed by atoms with Crippen molar-refractivity contribution in [2.45, 2.75) is 38.1 Å². The van der Waals surface area contributed by atoms with Gasteiger partial charge in [-0.25, -0.2) is 0 Å². The molecule has 4 nitrogen and oxygen atoms in total. The summed E-state index contributed by atoms with van der Waals surface area (Å²) in [4.78, 5) is 0. The second-order valence-electron chi connectivity index (χ2n) is 7.07. The Bertz CT molecular complexity index is 729. The Balaban J connectivity index is 1.39. The minimum Gasteiger partial charge on any atom is -0.494 e. The summed E-state index contributed by atoms with van der Waals surface area (Å²) < 4.78 is 17.1. The van der Waals surface area contributed by atoms with Gasteiger partial charge in [0.15, 0.2) is 11.5 Å². The van der Waals surface area contributed by atoms with Crippen molar-refractivity contribution in [3.63, 3.8) is 0 Å². The SMILES string of the molecule is CCCCOc1ccc(C2CC(c3ccc4c(c3)OCCO4)CN2)cc1. The minimum atomic E-state index is 0.387. The van der Waals surface area contributed by atoms with Crippen LogP contribution in [0.1, 0.15) is 49.3 Å². The molecule has 1 saturated heterocycles. The average Bonchev–Trinajstić information content (AvgIpc) is 3.19. The monoisotopic (exact) mass is 353 g/mol. The van der Waals surface area contributed by atoms with E-state index in [1.54, 1.807) is 0 Å². The molecule has 0 amide bonds. The molecule has 2 heterocycles. The van der Waals surface area contributed by atoms with Crippen LogP contribution in [-0.2, 0) is 0 Å². The minimum absolute atomic E-state index is 0.387. The van der Waals surface area contributed by atoms with Crippen LogP contribution in [0.2, 0.25) is 0 Å². The molecule has 0 radical (unpaired) electrons. The van der Waals surface area contributed by atoms with Crippen molar-refractivity contribution in [3.05, 3.63) is 53.6 Å². The van der Waals surface area contributed by atoms with Crippen molar-refractivity contribution in [2.24, 2.45) is 0 Å². The van der Waals surface area contributed by atoms with Crippen LogP contribution < -0.4 is 19.5 Å². The predicted molar refractivity (Wildman–Crippen MR) is 102 cm³/mol. The number of unbranched alkanes of at least 4 members (excludes halogenated alkanes) is 1. The predicted octanol–water partition coefficient (Wildman–Crippen LogP) is 4.45. The van der Waals surface area contributed by atoms with Gasteiger partial charge in [0.25, 0.3) is 0 Å². The standard InChI is InChI=1S/C22H27NO3/c1-2-3-10-24-19-7-4-16(5-8-19)20-13-18(15-23-20)17-6-9-21-22(14-17)26-12-11-25-21/h4-9,14,18,20,23H,2-3,10-13,15H2,1H3. The molecule has 2 atom stereocenters. The Labute approximate surface area is 155 Å².